The minimum absolute atomic E-state index is 0.0526. The van der Waals surface area contributed by atoms with Gasteiger partial charge in [-0.05, 0) is 37.1 Å². The maximum atomic E-state index is 10.7. The van der Waals surface area contributed by atoms with Gasteiger partial charge in [0, 0.05) is 5.92 Å². The molecule has 0 radical (unpaired) electrons. The highest BCUT2D eigenvalue weighted by atomic mass is 16.1. The lowest BCUT2D eigenvalue weighted by molar-refractivity contribution is 0.503. The minimum Gasteiger partial charge on any atom is -0.211 e. The Bertz CT molecular complexity index is 678. The molecule has 2 atom stereocenters. The summed E-state index contributed by atoms with van der Waals surface area (Å²) in [5.74, 6) is -0.0526. The summed E-state index contributed by atoms with van der Waals surface area (Å²) < 4.78 is 0. The average Bonchev–Trinajstić information content (AvgIpc) is 2.41. The van der Waals surface area contributed by atoms with Crippen LogP contribution in [0.15, 0.2) is 52.5 Å². The Morgan fingerprint density at radius 2 is 2.00 bits per heavy atom. The molecule has 0 aromatic heterocycles. The zero-order valence-corrected chi connectivity index (χ0v) is 11.3. The highest BCUT2D eigenvalue weighted by molar-refractivity contribution is 5.54. The lowest BCUT2D eigenvalue weighted by atomic mass is 9.77. The van der Waals surface area contributed by atoms with Gasteiger partial charge in [-0.2, -0.15) is 9.98 Å². The van der Waals surface area contributed by atoms with Crippen LogP contribution in [0.2, 0.25) is 0 Å². The predicted molar refractivity (Wildman–Crippen MR) is 76.5 cm³/mol. The number of aliphatic imine (C=N–C) groups is 2. The fourth-order valence-electron chi connectivity index (χ4n) is 2.48. The third-order valence-corrected chi connectivity index (χ3v) is 3.53. The van der Waals surface area contributed by atoms with E-state index in [1.165, 1.54) is 6.08 Å². The molecule has 4 heteroatoms. The molecular formula is C16H14N2O2. The Morgan fingerprint density at radius 3 is 2.65 bits per heavy atom. The highest BCUT2D eigenvalue weighted by Gasteiger charge is 2.33. The molecule has 100 valence electrons. The molecule has 1 aromatic carbocycles. The number of aryl methyl sites for hydroxylation is 1. The fourth-order valence-corrected chi connectivity index (χ4v) is 2.48. The first-order valence-corrected chi connectivity index (χ1v) is 6.24. The van der Waals surface area contributed by atoms with Crippen LogP contribution < -0.4 is 0 Å². The van der Waals surface area contributed by atoms with E-state index in [-0.39, 0.29) is 5.92 Å². The van der Waals surface area contributed by atoms with Gasteiger partial charge in [0.2, 0.25) is 12.2 Å². The van der Waals surface area contributed by atoms with E-state index in [0.717, 1.165) is 11.1 Å². The SMILES string of the molecule is Cc1cc(N=C=O)ccc1C1C=CC=CC1(C)N=C=O. The Morgan fingerprint density at radius 1 is 1.20 bits per heavy atom. The quantitative estimate of drug-likeness (QED) is 0.622. The van der Waals surface area contributed by atoms with Crippen molar-refractivity contribution in [2.24, 2.45) is 9.98 Å². The lowest BCUT2D eigenvalue weighted by Gasteiger charge is -2.31. The van der Waals surface area contributed by atoms with Gasteiger partial charge >= 0.3 is 0 Å². The van der Waals surface area contributed by atoms with Crippen LogP contribution in [0.25, 0.3) is 0 Å². The summed E-state index contributed by atoms with van der Waals surface area (Å²) in [5.41, 5.74) is 1.95. The van der Waals surface area contributed by atoms with Gasteiger partial charge in [-0.1, -0.05) is 30.4 Å². The molecule has 0 N–H and O–H groups in total. The van der Waals surface area contributed by atoms with Crippen molar-refractivity contribution in [1.82, 2.24) is 0 Å². The first-order chi connectivity index (χ1) is 9.60. The molecule has 0 aliphatic heterocycles. The molecule has 0 saturated carbocycles. The zero-order chi connectivity index (χ0) is 14.6. The maximum absolute atomic E-state index is 10.7. The summed E-state index contributed by atoms with van der Waals surface area (Å²) in [6, 6.07) is 5.47. The van der Waals surface area contributed by atoms with Crippen LogP contribution in [-0.2, 0) is 9.59 Å². The predicted octanol–water partition coefficient (Wildman–Crippen LogP) is 3.27. The standard InChI is InChI=1S/C16H14N2O2/c1-12-9-13(17-10-19)6-7-14(12)15-5-3-4-8-16(15,2)18-11-20/h3-9,15H,1-2H3. The van der Waals surface area contributed by atoms with Gasteiger partial charge in [-0.15, -0.1) is 0 Å². The number of benzene rings is 1. The first-order valence-electron chi connectivity index (χ1n) is 6.24. The summed E-state index contributed by atoms with van der Waals surface area (Å²) in [6.45, 7) is 3.83. The van der Waals surface area contributed by atoms with Crippen molar-refractivity contribution in [1.29, 1.82) is 0 Å². The maximum Gasteiger partial charge on any atom is 0.240 e. The average molecular weight is 266 g/mol. The normalized spacial score (nSPS) is 23.8. The van der Waals surface area contributed by atoms with Gasteiger partial charge in [-0.3, -0.25) is 0 Å². The summed E-state index contributed by atoms with van der Waals surface area (Å²) in [5, 5.41) is 0. The third kappa shape index (κ3) is 2.57. The number of carbonyl (C=O) groups excluding carboxylic acids is 2. The van der Waals surface area contributed by atoms with Crippen LogP contribution in [0.3, 0.4) is 0 Å². The summed E-state index contributed by atoms with van der Waals surface area (Å²) in [7, 11) is 0. The van der Waals surface area contributed by atoms with Crippen LogP contribution in [0.1, 0.15) is 24.0 Å². The van der Waals surface area contributed by atoms with E-state index < -0.39 is 5.54 Å². The molecule has 2 unspecified atom stereocenters. The Kier molecular flexibility index (Phi) is 3.90. The molecule has 0 spiro atoms. The first kappa shape index (κ1) is 13.9. The summed E-state index contributed by atoms with van der Waals surface area (Å²) in [6.07, 6.45) is 10.9. The second-order valence-electron chi connectivity index (χ2n) is 4.89. The molecule has 0 heterocycles. The van der Waals surface area contributed by atoms with Crippen molar-refractivity contribution in [3.8, 4) is 0 Å². The van der Waals surface area contributed by atoms with E-state index in [4.69, 9.17) is 0 Å². The summed E-state index contributed by atoms with van der Waals surface area (Å²) >= 11 is 0. The van der Waals surface area contributed by atoms with Crippen LogP contribution in [-0.4, -0.2) is 17.7 Å². The zero-order valence-electron chi connectivity index (χ0n) is 11.3. The van der Waals surface area contributed by atoms with Crippen LogP contribution >= 0.6 is 0 Å². The van der Waals surface area contributed by atoms with Gasteiger partial charge in [0.25, 0.3) is 0 Å². The smallest absolute Gasteiger partial charge is 0.211 e. The molecule has 0 fully saturated rings. The molecular weight excluding hydrogens is 252 g/mol. The van der Waals surface area contributed by atoms with Crippen molar-refractivity contribution in [3.05, 3.63) is 53.6 Å². The van der Waals surface area contributed by atoms with E-state index >= 15 is 0 Å². The monoisotopic (exact) mass is 266 g/mol. The minimum atomic E-state index is -0.642. The summed E-state index contributed by atoms with van der Waals surface area (Å²) in [4.78, 5) is 28.5. The van der Waals surface area contributed by atoms with Crippen molar-refractivity contribution in [2.75, 3.05) is 0 Å². The van der Waals surface area contributed by atoms with E-state index in [9.17, 15) is 9.59 Å². The number of hydrogen-bond donors (Lipinski definition) is 0. The molecule has 0 saturated heterocycles. The van der Waals surface area contributed by atoms with E-state index in [0.29, 0.717) is 5.69 Å². The van der Waals surface area contributed by atoms with Crippen LogP contribution in [0.5, 0.6) is 0 Å². The van der Waals surface area contributed by atoms with Gasteiger partial charge in [0.05, 0.1) is 11.2 Å². The van der Waals surface area contributed by atoms with Crippen molar-refractivity contribution in [2.45, 2.75) is 25.3 Å². The molecule has 0 bridgehead atoms. The topological polar surface area (TPSA) is 58.9 Å². The second kappa shape index (κ2) is 5.62. The van der Waals surface area contributed by atoms with Gasteiger partial charge in [0.1, 0.15) is 0 Å². The number of isocyanates is 2. The van der Waals surface area contributed by atoms with Crippen molar-refractivity contribution in [3.63, 3.8) is 0 Å². The van der Waals surface area contributed by atoms with Gasteiger partial charge in [0.15, 0.2) is 0 Å². The molecule has 2 rings (SSSR count). The third-order valence-electron chi connectivity index (χ3n) is 3.53. The Hall–Kier alpha value is -2.54. The number of nitrogens with zero attached hydrogens (tertiary/aromatic N) is 2. The second-order valence-corrected chi connectivity index (χ2v) is 4.89. The molecule has 20 heavy (non-hydrogen) atoms. The highest BCUT2D eigenvalue weighted by Crippen LogP contribution is 2.38. The molecule has 1 aliphatic carbocycles. The van der Waals surface area contributed by atoms with E-state index in [1.54, 1.807) is 12.1 Å². The van der Waals surface area contributed by atoms with Gasteiger partial charge in [-0.25, -0.2) is 9.59 Å². The lowest BCUT2D eigenvalue weighted by Crippen LogP contribution is -2.29. The fraction of sp³-hybridized carbons (Fsp3) is 0.250. The number of allylic oxidation sites excluding steroid dienone is 2. The molecule has 1 aliphatic rings. The Balaban J connectivity index is 2.49. The Labute approximate surface area is 117 Å². The van der Waals surface area contributed by atoms with Gasteiger partial charge < -0.3 is 0 Å². The molecule has 0 amide bonds. The van der Waals surface area contributed by atoms with Crippen molar-refractivity contribution >= 4 is 17.8 Å². The largest absolute Gasteiger partial charge is 0.240 e. The van der Waals surface area contributed by atoms with E-state index in [1.807, 2.05) is 50.3 Å². The van der Waals surface area contributed by atoms with Crippen LogP contribution in [0, 0.1) is 6.92 Å². The number of hydrogen-bond acceptors (Lipinski definition) is 4. The van der Waals surface area contributed by atoms with Crippen molar-refractivity contribution < 1.29 is 9.59 Å². The molecule has 1 aromatic rings. The van der Waals surface area contributed by atoms with E-state index in [2.05, 4.69) is 9.98 Å². The van der Waals surface area contributed by atoms with Crippen LogP contribution in [0.4, 0.5) is 5.69 Å². The number of rotatable bonds is 3. The molecule has 4 nitrogen and oxygen atoms in total.